The Morgan fingerprint density at radius 1 is 0.649 bits per heavy atom. The Balaban J connectivity index is 1.24. The highest BCUT2D eigenvalue weighted by molar-refractivity contribution is 6.31. The third-order valence-electron chi connectivity index (χ3n) is 19.9. The van der Waals surface area contributed by atoms with Gasteiger partial charge in [0, 0.05) is 60.2 Å². The molecule has 2 aliphatic carbocycles. The van der Waals surface area contributed by atoms with E-state index < -0.39 is 154 Å². The van der Waals surface area contributed by atoms with E-state index >= 15 is 9.59 Å². The van der Waals surface area contributed by atoms with Crippen LogP contribution >= 0.6 is 11.6 Å². The molecule has 518 valence electrons. The molecule has 2 aromatic carbocycles. The highest BCUT2D eigenvalue weighted by atomic mass is 35.5. The van der Waals surface area contributed by atoms with E-state index in [0.29, 0.717) is 49.7 Å². The van der Waals surface area contributed by atoms with Gasteiger partial charge in [-0.1, -0.05) is 107 Å². The van der Waals surface area contributed by atoms with Crippen molar-refractivity contribution >= 4 is 76.6 Å². The average molecular weight is 1340 g/mol. The predicted octanol–water partition coefficient (Wildman–Crippen LogP) is 5.47. The lowest BCUT2D eigenvalue weighted by Gasteiger charge is -2.44. The van der Waals surface area contributed by atoms with Crippen LogP contribution in [-0.4, -0.2) is 202 Å². The number of alkyl halides is 3. The summed E-state index contributed by atoms with van der Waals surface area (Å²) < 4.78 is 41.4. The number of fused-ring (bicyclic) bond motifs is 2. The number of nitrogens with zero attached hydrogens (tertiary/aromatic N) is 6. The number of rotatable bonds is 10. The Labute approximate surface area is 555 Å². The van der Waals surface area contributed by atoms with Gasteiger partial charge in [-0.25, -0.2) is 0 Å². The molecule has 26 heteroatoms. The van der Waals surface area contributed by atoms with Crippen molar-refractivity contribution < 1.29 is 65.9 Å². The average Bonchev–Trinajstić information content (AvgIpc) is 1.48. The molecule has 3 aliphatic heterocycles. The summed E-state index contributed by atoms with van der Waals surface area (Å²) in [4.78, 5) is 169. The number of likely N-dealkylation sites (N-methyl/N-ethyl adjacent to an activating group) is 4. The number of carbonyl (C=O) groups excluding carboxylic acids is 11. The van der Waals surface area contributed by atoms with Crippen LogP contribution in [0.4, 0.5) is 13.2 Å². The molecule has 5 N–H and O–H groups in total. The lowest BCUT2D eigenvalue weighted by Crippen LogP contribution is -2.65. The van der Waals surface area contributed by atoms with Gasteiger partial charge in [-0.2, -0.15) is 13.2 Å². The van der Waals surface area contributed by atoms with Gasteiger partial charge in [0.1, 0.15) is 53.9 Å². The van der Waals surface area contributed by atoms with E-state index in [1.807, 2.05) is 39.8 Å². The van der Waals surface area contributed by atoms with Crippen molar-refractivity contribution in [3.05, 3.63) is 69.7 Å². The molecule has 5 aliphatic rings. The number of hydrogen-bond acceptors (Lipinski definition) is 11. The van der Waals surface area contributed by atoms with Crippen LogP contribution in [-0.2, 0) is 71.8 Å². The first-order chi connectivity index (χ1) is 44.3. The molecule has 11 amide bonds. The highest BCUT2D eigenvalue weighted by Gasteiger charge is 2.51. The number of amides is 11. The Bertz CT molecular complexity index is 3120. The van der Waals surface area contributed by atoms with Gasteiger partial charge < -0.3 is 56.0 Å². The maximum atomic E-state index is 15.3. The van der Waals surface area contributed by atoms with Crippen LogP contribution in [0.2, 0.25) is 5.02 Å². The molecule has 94 heavy (non-hydrogen) atoms. The first-order valence-electron chi connectivity index (χ1n) is 33.4. The summed E-state index contributed by atoms with van der Waals surface area (Å²) in [7, 11) is 5.79. The van der Waals surface area contributed by atoms with E-state index in [1.165, 1.54) is 65.7 Å². The second-order valence-electron chi connectivity index (χ2n) is 27.4. The zero-order valence-corrected chi connectivity index (χ0v) is 57.1. The predicted molar refractivity (Wildman–Crippen MR) is 346 cm³/mol. The first kappa shape index (κ1) is 74.1. The minimum Gasteiger partial charge on any atom is -0.351 e. The Kier molecular flexibility index (Phi) is 25.2. The second-order valence-corrected chi connectivity index (χ2v) is 27.8. The lowest BCUT2D eigenvalue weighted by atomic mass is 9.90. The molecular weight excluding hydrogens is 1240 g/mol. The topological polar surface area (TPSA) is 267 Å². The lowest BCUT2D eigenvalue weighted by molar-refractivity contribution is -0.157. The fourth-order valence-corrected chi connectivity index (χ4v) is 14.3. The third-order valence-corrected chi connectivity index (χ3v) is 20.2. The van der Waals surface area contributed by atoms with Crippen LogP contribution in [0.15, 0.2) is 42.5 Å². The van der Waals surface area contributed by atoms with Gasteiger partial charge in [-0.05, 0) is 126 Å². The number of nitrogens with one attached hydrogen (secondary N) is 5. The molecule has 0 bridgehead atoms. The largest absolute Gasteiger partial charge is 0.417 e. The highest BCUT2D eigenvalue weighted by Crippen LogP contribution is 2.38. The van der Waals surface area contributed by atoms with Gasteiger partial charge in [0.05, 0.1) is 17.1 Å². The normalized spacial score (nSPS) is 27.4. The number of halogens is 4. The maximum absolute atomic E-state index is 15.3. The van der Waals surface area contributed by atoms with Gasteiger partial charge in [0.2, 0.25) is 65.0 Å². The summed E-state index contributed by atoms with van der Waals surface area (Å²) in [5, 5.41) is 13.9. The smallest absolute Gasteiger partial charge is 0.351 e. The zero-order chi connectivity index (χ0) is 69.3. The van der Waals surface area contributed by atoms with Crippen molar-refractivity contribution in [2.45, 2.75) is 224 Å². The summed E-state index contributed by atoms with van der Waals surface area (Å²) in [6.07, 6.45) is 0.491. The van der Waals surface area contributed by atoms with Crippen LogP contribution in [0.3, 0.4) is 0 Å². The molecule has 0 aromatic heterocycles. The van der Waals surface area contributed by atoms with Gasteiger partial charge in [0.15, 0.2) is 0 Å². The van der Waals surface area contributed by atoms with Crippen LogP contribution in [0, 0.1) is 24.7 Å². The van der Waals surface area contributed by atoms with Gasteiger partial charge in [-0.3, -0.25) is 52.7 Å². The molecule has 3 heterocycles. The van der Waals surface area contributed by atoms with E-state index in [1.54, 1.807) is 26.0 Å². The minimum atomic E-state index is -4.75. The Morgan fingerprint density at radius 3 is 1.88 bits per heavy atom. The van der Waals surface area contributed by atoms with E-state index in [4.69, 9.17) is 11.6 Å². The van der Waals surface area contributed by atoms with Crippen LogP contribution in [0.5, 0.6) is 0 Å². The quantitative estimate of drug-likeness (QED) is 0.199. The summed E-state index contributed by atoms with van der Waals surface area (Å²) >= 11 is 6.13. The molecule has 10 atom stereocenters. The molecule has 7 rings (SSSR count). The summed E-state index contributed by atoms with van der Waals surface area (Å²) in [5.41, 5.74) is -0.667. The molecule has 22 nitrogen and oxygen atoms in total. The molecule has 5 fully saturated rings. The van der Waals surface area contributed by atoms with E-state index in [0.717, 1.165) is 35.4 Å². The van der Waals surface area contributed by atoms with E-state index in [-0.39, 0.29) is 82.7 Å². The van der Waals surface area contributed by atoms with Crippen LogP contribution < -0.4 is 26.6 Å². The van der Waals surface area contributed by atoms with Crippen LogP contribution in [0.1, 0.15) is 160 Å². The molecular formula is C68H97ClF3N11O11. The van der Waals surface area contributed by atoms with Crippen molar-refractivity contribution in [3.63, 3.8) is 0 Å². The maximum Gasteiger partial charge on any atom is 0.417 e. The standard InChI is InChI=1S/C68H97ClF3N11O11/c1-12-41(5)56-60(88)74-43(7)62(90)83-33-29-51(83)65(93)80(10)53(37-45-23-21-40(4)22-24-45)64(92)78(8)38-54(84)75-49(28-26-44-25-27-47(48(69)36-44)68(70,71)72)63(91)82-32-17-20-50(82)59(87)77-67(30-15-16-31-67)66(94)81(11)57(46-18-13-14-19-46)61(89)73-42(6)35-55(85)79(9)52(34-39(2)3)58(86)76-56/h21-25,27,36,39,41-43,46,49-53,56-57H,12-20,26,28-35,37-38H2,1-11H3,(H,73,89)(H,74,88)(H,75,84)(H,76,86)(H,77,87)/t41-,42+,43-,49-,50-,51-,52-,53-,56-,57-/m0/s1. The van der Waals surface area contributed by atoms with Crippen molar-refractivity contribution in [3.8, 4) is 0 Å². The number of carbonyl (C=O) groups is 11. The van der Waals surface area contributed by atoms with Gasteiger partial charge in [-0.15, -0.1) is 0 Å². The molecule has 3 saturated heterocycles. The van der Waals surface area contributed by atoms with E-state index in [2.05, 4.69) is 26.6 Å². The number of aryl methyl sites for hydroxylation is 2. The number of benzene rings is 2. The van der Waals surface area contributed by atoms with Crippen molar-refractivity contribution in [1.82, 2.24) is 56.0 Å². The molecule has 2 aromatic rings. The van der Waals surface area contributed by atoms with Crippen molar-refractivity contribution in [2.24, 2.45) is 17.8 Å². The molecule has 0 radical (unpaired) electrons. The summed E-state index contributed by atoms with van der Waals surface area (Å²) in [6, 6.07) is 0.303. The van der Waals surface area contributed by atoms with Gasteiger partial charge >= 0.3 is 6.18 Å². The monoisotopic (exact) mass is 1340 g/mol. The van der Waals surface area contributed by atoms with Crippen LogP contribution in [0.25, 0.3) is 0 Å². The summed E-state index contributed by atoms with van der Waals surface area (Å²) in [6.45, 7) is 11.9. The minimum absolute atomic E-state index is 0.0287. The van der Waals surface area contributed by atoms with Crippen molar-refractivity contribution in [1.29, 1.82) is 0 Å². The van der Waals surface area contributed by atoms with Crippen molar-refractivity contribution in [2.75, 3.05) is 47.8 Å². The van der Waals surface area contributed by atoms with Gasteiger partial charge in [0.25, 0.3) is 0 Å². The third kappa shape index (κ3) is 17.8. The summed E-state index contributed by atoms with van der Waals surface area (Å²) in [5.74, 6) is -7.67. The zero-order valence-electron chi connectivity index (χ0n) is 56.3. The molecule has 1 spiro atoms. The number of hydrogen-bond donors (Lipinski definition) is 5. The first-order valence-corrected chi connectivity index (χ1v) is 33.7. The van der Waals surface area contributed by atoms with E-state index in [9.17, 15) is 56.3 Å². The molecule has 0 unspecified atom stereocenters. The Hall–Kier alpha value is -7.31. The second kappa shape index (κ2) is 32.0. The fourth-order valence-electron chi connectivity index (χ4n) is 14.0. The molecule has 2 saturated carbocycles. The Morgan fingerprint density at radius 2 is 1.29 bits per heavy atom. The fraction of sp³-hybridized carbons (Fsp3) is 0.662. The SMILES string of the molecule is CC[C@H](C)[C@@H]1NC(=O)[C@H](CC(C)C)N(C)C(=O)C[C@@H](C)NC(=O)[C@H](C2CCCC2)N(C)C(=O)C2(CCCC2)NC(=O)[C@@H]2CCCN2C(=O)[C@H](CCc2ccc(C(F)(F)F)c(Cl)c2)NC(=O)CN(C)C(=O)[C@H](Cc2ccc(C)cc2)N(C)C(=O)[C@@H]2CCN2C(=O)[C@H](C)NC1=O.